The molecule has 0 saturated heterocycles. The van der Waals surface area contributed by atoms with E-state index in [0.29, 0.717) is 16.9 Å². The first-order valence-electron chi connectivity index (χ1n) is 5.48. The fourth-order valence-corrected chi connectivity index (χ4v) is 2.69. The SMILES string of the molecule is CSCC(C)(O)CN1C(=O)c2ccncc2C1=O. The standard InChI is InChI=1S/C12H14N2O3S/c1-12(17,7-18-2)6-14-10(15)8-3-4-13-5-9(8)11(14)16/h3-5,17H,6-7H2,1-2H3. The highest BCUT2D eigenvalue weighted by molar-refractivity contribution is 7.98. The third-order valence-corrected chi connectivity index (χ3v) is 3.64. The van der Waals surface area contributed by atoms with E-state index in [2.05, 4.69) is 4.98 Å². The van der Waals surface area contributed by atoms with Crippen LogP contribution in [0, 0.1) is 0 Å². The molecule has 1 aliphatic rings. The number of amides is 2. The molecule has 18 heavy (non-hydrogen) atoms. The van der Waals surface area contributed by atoms with Crippen molar-refractivity contribution in [3.63, 3.8) is 0 Å². The fourth-order valence-electron chi connectivity index (χ4n) is 1.98. The average molecular weight is 266 g/mol. The van der Waals surface area contributed by atoms with Gasteiger partial charge in [-0.3, -0.25) is 19.5 Å². The number of aliphatic hydroxyl groups is 1. The first-order chi connectivity index (χ1) is 8.46. The van der Waals surface area contributed by atoms with Crippen molar-refractivity contribution in [3.8, 4) is 0 Å². The number of pyridine rings is 1. The molecule has 0 bridgehead atoms. The van der Waals surface area contributed by atoms with Crippen molar-refractivity contribution in [2.24, 2.45) is 0 Å². The van der Waals surface area contributed by atoms with Gasteiger partial charge in [0.1, 0.15) is 0 Å². The number of carbonyl (C=O) groups is 2. The lowest BCUT2D eigenvalue weighted by Gasteiger charge is -2.26. The van der Waals surface area contributed by atoms with Gasteiger partial charge in [-0.25, -0.2) is 0 Å². The first kappa shape index (κ1) is 13.0. The van der Waals surface area contributed by atoms with E-state index in [1.54, 1.807) is 6.92 Å². The molecule has 0 fully saturated rings. The van der Waals surface area contributed by atoms with Crippen molar-refractivity contribution in [1.82, 2.24) is 9.88 Å². The maximum atomic E-state index is 12.0. The van der Waals surface area contributed by atoms with E-state index in [1.807, 2.05) is 6.26 Å². The lowest BCUT2D eigenvalue weighted by atomic mass is 10.1. The Kier molecular flexibility index (Phi) is 3.41. The number of hydrogen-bond acceptors (Lipinski definition) is 5. The van der Waals surface area contributed by atoms with Gasteiger partial charge >= 0.3 is 0 Å². The van der Waals surface area contributed by atoms with Crippen molar-refractivity contribution in [2.75, 3.05) is 18.6 Å². The van der Waals surface area contributed by atoms with Gasteiger partial charge in [-0.05, 0) is 19.2 Å². The summed E-state index contributed by atoms with van der Waals surface area (Å²) in [4.78, 5) is 29.0. The number of β-amino-alcohol motifs (C(OH)–C–C–N with tert-alkyl or cyclic N) is 1. The van der Waals surface area contributed by atoms with Crippen molar-refractivity contribution >= 4 is 23.6 Å². The maximum Gasteiger partial charge on any atom is 0.263 e. The molecule has 1 aromatic rings. The van der Waals surface area contributed by atoms with Crippen LogP contribution in [0.1, 0.15) is 27.6 Å². The van der Waals surface area contributed by atoms with Gasteiger partial charge in [0, 0.05) is 18.1 Å². The normalized spacial score (nSPS) is 17.8. The lowest BCUT2D eigenvalue weighted by Crippen LogP contribution is -2.45. The lowest BCUT2D eigenvalue weighted by molar-refractivity contribution is 0.0320. The topological polar surface area (TPSA) is 70.5 Å². The summed E-state index contributed by atoms with van der Waals surface area (Å²) < 4.78 is 0. The van der Waals surface area contributed by atoms with E-state index < -0.39 is 5.60 Å². The molecular weight excluding hydrogens is 252 g/mol. The molecule has 0 saturated carbocycles. The highest BCUT2D eigenvalue weighted by Gasteiger charge is 2.39. The molecule has 2 heterocycles. The van der Waals surface area contributed by atoms with Gasteiger partial charge in [-0.15, -0.1) is 0 Å². The number of nitrogens with zero attached hydrogens (tertiary/aromatic N) is 2. The number of fused-ring (bicyclic) bond motifs is 1. The second kappa shape index (κ2) is 4.70. The Bertz CT molecular complexity index is 467. The van der Waals surface area contributed by atoms with E-state index in [4.69, 9.17) is 0 Å². The highest BCUT2D eigenvalue weighted by Crippen LogP contribution is 2.24. The summed E-state index contributed by atoms with van der Waals surface area (Å²) in [6.45, 7) is 1.62. The molecular formula is C12H14N2O3S. The van der Waals surface area contributed by atoms with Crippen LogP contribution in [0.2, 0.25) is 0 Å². The maximum absolute atomic E-state index is 12.0. The molecule has 1 atom stereocenters. The zero-order chi connectivity index (χ0) is 13.3. The smallest absolute Gasteiger partial charge is 0.263 e. The predicted molar refractivity (Wildman–Crippen MR) is 68.6 cm³/mol. The second-order valence-corrected chi connectivity index (χ2v) is 5.41. The van der Waals surface area contributed by atoms with Gasteiger partial charge < -0.3 is 5.11 Å². The van der Waals surface area contributed by atoms with Gasteiger partial charge in [0.15, 0.2) is 0 Å². The number of carbonyl (C=O) groups excluding carboxylic acids is 2. The van der Waals surface area contributed by atoms with Crippen LogP contribution in [0.25, 0.3) is 0 Å². The first-order valence-corrected chi connectivity index (χ1v) is 6.87. The predicted octanol–water partition coefficient (Wildman–Crippen LogP) is 0.792. The van der Waals surface area contributed by atoms with Crippen molar-refractivity contribution < 1.29 is 14.7 Å². The molecule has 0 aromatic carbocycles. The molecule has 1 aliphatic heterocycles. The van der Waals surface area contributed by atoms with Crippen molar-refractivity contribution in [1.29, 1.82) is 0 Å². The minimum atomic E-state index is -1.08. The Labute approximate surface area is 109 Å². The Balaban J connectivity index is 2.24. The zero-order valence-electron chi connectivity index (χ0n) is 10.2. The Morgan fingerprint density at radius 2 is 2.06 bits per heavy atom. The van der Waals surface area contributed by atoms with E-state index in [1.165, 1.54) is 30.2 Å². The summed E-state index contributed by atoms with van der Waals surface area (Å²) in [6, 6.07) is 1.53. The minimum absolute atomic E-state index is 0.000185. The van der Waals surface area contributed by atoms with E-state index in [9.17, 15) is 14.7 Å². The number of thioether (sulfide) groups is 1. The summed E-state index contributed by atoms with van der Waals surface area (Å²) in [7, 11) is 0. The fraction of sp³-hybridized carbons (Fsp3) is 0.417. The molecule has 0 spiro atoms. The minimum Gasteiger partial charge on any atom is -0.387 e. The van der Waals surface area contributed by atoms with Gasteiger partial charge in [0.25, 0.3) is 11.8 Å². The summed E-state index contributed by atoms with van der Waals surface area (Å²) in [5, 5.41) is 10.1. The molecule has 5 nitrogen and oxygen atoms in total. The van der Waals surface area contributed by atoms with Crippen LogP contribution in [0.3, 0.4) is 0 Å². The second-order valence-electron chi connectivity index (χ2n) is 4.55. The van der Waals surface area contributed by atoms with E-state index >= 15 is 0 Å². The molecule has 96 valence electrons. The third kappa shape index (κ3) is 2.26. The van der Waals surface area contributed by atoms with Gasteiger partial charge in [0.05, 0.1) is 23.3 Å². The quantitative estimate of drug-likeness (QED) is 0.816. The molecule has 2 amide bonds. The molecule has 6 heteroatoms. The van der Waals surface area contributed by atoms with Gasteiger partial charge in [0.2, 0.25) is 0 Å². The number of imide groups is 1. The van der Waals surface area contributed by atoms with Crippen molar-refractivity contribution in [2.45, 2.75) is 12.5 Å². The summed E-state index contributed by atoms with van der Waals surface area (Å²) in [5.74, 6) is -0.290. The van der Waals surface area contributed by atoms with Gasteiger partial charge in [-0.1, -0.05) is 0 Å². The Morgan fingerprint density at radius 3 is 2.67 bits per heavy atom. The molecule has 2 rings (SSSR count). The van der Waals surface area contributed by atoms with E-state index in [0.717, 1.165) is 4.90 Å². The number of hydrogen-bond donors (Lipinski definition) is 1. The monoisotopic (exact) mass is 266 g/mol. The van der Waals surface area contributed by atoms with Crippen LogP contribution < -0.4 is 0 Å². The van der Waals surface area contributed by atoms with Crippen LogP contribution >= 0.6 is 11.8 Å². The molecule has 1 aromatic heterocycles. The molecule has 0 radical (unpaired) electrons. The van der Waals surface area contributed by atoms with Crippen LogP contribution in [0.4, 0.5) is 0 Å². The summed E-state index contributed by atoms with van der Waals surface area (Å²) in [5.41, 5.74) is -0.419. The largest absolute Gasteiger partial charge is 0.387 e. The Morgan fingerprint density at radius 1 is 1.39 bits per heavy atom. The zero-order valence-corrected chi connectivity index (χ0v) is 11.0. The summed E-state index contributed by atoms with van der Waals surface area (Å²) >= 11 is 1.47. The summed E-state index contributed by atoms with van der Waals surface area (Å²) in [6.07, 6.45) is 4.73. The molecule has 0 aliphatic carbocycles. The van der Waals surface area contributed by atoms with Crippen LogP contribution in [-0.4, -0.2) is 51.0 Å². The van der Waals surface area contributed by atoms with E-state index in [-0.39, 0.29) is 18.4 Å². The van der Waals surface area contributed by atoms with Gasteiger partial charge in [-0.2, -0.15) is 11.8 Å². The number of aromatic nitrogens is 1. The Hall–Kier alpha value is -1.40. The van der Waals surface area contributed by atoms with Crippen LogP contribution in [-0.2, 0) is 0 Å². The highest BCUT2D eigenvalue weighted by atomic mass is 32.2. The molecule has 1 unspecified atom stereocenters. The van der Waals surface area contributed by atoms with Crippen LogP contribution in [0.15, 0.2) is 18.5 Å². The van der Waals surface area contributed by atoms with Crippen molar-refractivity contribution in [3.05, 3.63) is 29.6 Å². The average Bonchev–Trinajstić information content (AvgIpc) is 2.55. The molecule has 1 N–H and O–H groups in total. The number of rotatable bonds is 4. The third-order valence-electron chi connectivity index (χ3n) is 2.73. The van der Waals surface area contributed by atoms with Crippen LogP contribution in [0.5, 0.6) is 0 Å².